The Balaban J connectivity index is 1.19. The number of rotatable bonds is 17. The molecular formula is C55H88ClN5O18. The molecule has 24 heteroatoms. The summed E-state index contributed by atoms with van der Waals surface area (Å²) < 4.78 is 45.3. The van der Waals surface area contributed by atoms with Gasteiger partial charge in [0, 0.05) is 56.2 Å². The maximum absolute atomic E-state index is 14.6. The summed E-state index contributed by atoms with van der Waals surface area (Å²) in [6.45, 7) is 14.9. The number of nitrogens with zero attached hydrogens (tertiary/aromatic N) is 3. The third-order valence-electron chi connectivity index (χ3n) is 16.7. The minimum absolute atomic E-state index is 0.0303. The number of likely N-dealkylation sites (N-methyl/N-ethyl adjacent to an activating group) is 2. The number of carbonyl (C=O) groups excluding carboxylic acids is 2. The number of hydrogen-bond donors (Lipinski definition) is 9. The summed E-state index contributed by atoms with van der Waals surface area (Å²) in [4.78, 5) is 56.6. The van der Waals surface area contributed by atoms with Gasteiger partial charge in [0.2, 0.25) is 17.1 Å². The molecular weight excluding hydrogens is 1050 g/mol. The molecule has 448 valence electrons. The first-order chi connectivity index (χ1) is 36.8. The first kappa shape index (κ1) is 64.5. The summed E-state index contributed by atoms with van der Waals surface area (Å²) in [6.07, 6.45) is -6.07. The number of aliphatic hydroxyl groups is 6. The van der Waals surface area contributed by atoms with Crippen molar-refractivity contribution in [1.82, 2.24) is 19.7 Å². The van der Waals surface area contributed by atoms with Gasteiger partial charge in [-0.2, -0.15) is 0 Å². The predicted molar refractivity (Wildman–Crippen MR) is 290 cm³/mol. The number of ether oxygens (including phenoxy) is 7. The Morgan fingerprint density at radius 3 is 2.24 bits per heavy atom. The van der Waals surface area contributed by atoms with Crippen LogP contribution in [0.25, 0.3) is 10.9 Å². The number of amides is 1. The van der Waals surface area contributed by atoms with Gasteiger partial charge in [0.15, 0.2) is 24.0 Å². The standard InChI is InChI=1S/C55H88ClN5O18/c1-14-41-53(9,69)55(71,72)33(7)60(12)26-28(2)24-52(8,68)48(79-51-45(64)40(59(10)11)21-29(3)75-51)30(4)46(31(5)50(67)77-41)78-43-25-54(70,73-13)47(32(6)76-43)58-42(62)17-19-74-20-18-57-38-22-35-39(23-37(38)56)61(34-15-16-34)27-36(44(35)63)49(65)66/h22-23,27-34,40-41,43,45-48,51,57,64,68-72H,14-21,24-26H2,1-13H3,(H,58,62)(H,65,66)/t28-,29-,30+,31-,32+,33-,40+,41-,43+,45-,46+,47-,48-,51+,52-,53-,54-/m1/s1. The lowest BCUT2D eigenvalue weighted by atomic mass is 9.77. The molecule has 3 saturated heterocycles. The van der Waals surface area contributed by atoms with E-state index in [9.17, 15) is 54.9 Å². The van der Waals surface area contributed by atoms with Gasteiger partial charge in [-0.1, -0.05) is 32.4 Å². The molecule has 17 atom stereocenters. The number of pyridine rings is 1. The quantitative estimate of drug-likeness (QED) is 0.0625. The Morgan fingerprint density at radius 1 is 0.962 bits per heavy atom. The lowest BCUT2D eigenvalue weighted by molar-refractivity contribution is -0.335. The van der Waals surface area contributed by atoms with E-state index in [1.807, 2.05) is 32.8 Å². The number of hydrogen-bond acceptors (Lipinski definition) is 20. The number of carbonyl (C=O) groups is 3. The van der Waals surface area contributed by atoms with Crippen LogP contribution in [-0.4, -0.2) is 213 Å². The van der Waals surface area contributed by atoms with Crippen LogP contribution in [0.15, 0.2) is 23.1 Å². The molecule has 6 rings (SSSR count). The molecule has 1 aliphatic carbocycles. The van der Waals surface area contributed by atoms with Crippen LogP contribution in [0.4, 0.5) is 5.69 Å². The van der Waals surface area contributed by atoms with E-state index in [-0.39, 0.29) is 80.6 Å². The van der Waals surface area contributed by atoms with Gasteiger partial charge in [-0.15, -0.1) is 0 Å². The Bertz CT molecular complexity index is 2490. The summed E-state index contributed by atoms with van der Waals surface area (Å²) in [5.41, 5.74) is -4.17. The summed E-state index contributed by atoms with van der Waals surface area (Å²) in [5, 5.41) is 88.0. The number of aromatic nitrogens is 1. The second-order valence-corrected chi connectivity index (χ2v) is 23.8. The number of methoxy groups -OCH3 is 1. The van der Waals surface area contributed by atoms with Crippen LogP contribution < -0.4 is 16.1 Å². The number of cyclic esters (lactones) is 1. The third-order valence-corrected chi connectivity index (χ3v) is 17.0. The highest BCUT2D eigenvalue weighted by molar-refractivity contribution is 6.34. The normalized spacial score (nSPS) is 37.3. The van der Waals surface area contributed by atoms with Crippen LogP contribution in [0, 0.1) is 17.8 Å². The molecule has 79 heavy (non-hydrogen) atoms. The number of anilines is 1. The van der Waals surface area contributed by atoms with E-state index < -0.39 is 119 Å². The van der Waals surface area contributed by atoms with E-state index in [4.69, 9.17) is 44.8 Å². The maximum atomic E-state index is 14.6. The number of benzene rings is 1. The fraction of sp³-hybridized carbons (Fsp3) is 0.782. The lowest BCUT2D eigenvalue weighted by Crippen LogP contribution is -2.68. The van der Waals surface area contributed by atoms with Gasteiger partial charge in [-0.3, -0.25) is 19.3 Å². The van der Waals surface area contributed by atoms with E-state index in [0.29, 0.717) is 22.6 Å². The Morgan fingerprint density at radius 2 is 1.63 bits per heavy atom. The molecule has 9 N–H and O–H groups in total. The van der Waals surface area contributed by atoms with Crippen molar-refractivity contribution in [3.63, 3.8) is 0 Å². The van der Waals surface area contributed by atoms with Crippen LogP contribution in [0.1, 0.15) is 124 Å². The van der Waals surface area contributed by atoms with Crippen molar-refractivity contribution in [2.75, 3.05) is 59.9 Å². The second kappa shape index (κ2) is 25.9. The molecule has 0 bridgehead atoms. The predicted octanol–water partition coefficient (Wildman–Crippen LogP) is 2.79. The molecule has 4 fully saturated rings. The number of aromatic carboxylic acids is 1. The fourth-order valence-electron chi connectivity index (χ4n) is 11.9. The highest BCUT2D eigenvalue weighted by Crippen LogP contribution is 2.42. The second-order valence-electron chi connectivity index (χ2n) is 23.4. The van der Waals surface area contributed by atoms with Gasteiger partial charge in [0.1, 0.15) is 23.8 Å². The van der Waals surface area contributed by atoms with Crippen molar-refractivity contribution in [2.24, 2.45) is 17.8 Å². The number of halogens is 1. The van der Waals surface area contributed by atoms with E-state index in [0.717, 1.165) is 12.8 Å². The Kier molecular flexibility index (Phi) is 21.1. The van der Waals surface area contributed by atoms with Crippen LogP contribution in [0.5, 0.6) is 0 Å². The zero-order chi connectivity index (χ0) is 58.9. The van der Waals surface area contributed by atoms with Crippen LogP contribution in [-0.2, 0) is 42.7 Å². The van der Waals surface area contributed by atoms with Crippen LogP contribution in [0.2, 0.25) is 5.02 Å². The van der Waals surface area contributed by atoms with Crippen LogP contribution in [0.3, 0.4) is 0 Å². The van der Waals surface area contributed by atoms with Crippen molar-refractivity contribution in [3.8, 4) is 0 Å². The summed E-state index contributed by atoms with van der Waals surface area (Å²) in [6, 6.07) is 0.608. The lowest BCUT2D eigenvalue weighted by Gasteiger charge is -2.49. The number of esters is 1. The molecule has 1 aromatic carbocycles. The van der Waals surface area contributed by atoms with Crippen molar-refractivity contribution < 1.29 is 83.3 Å². The molecule has 1 aromatic heterocycles. The highest BCUT2D eigenvalue weighted by atomic mass is 35.5. The highest BCUT2D eigenvalue weighted by Gasteiger charge is 2.57. The van der Waals surface area contributed by atoms with Crippen LogP contribution >= 0.6 is 11.6 Å². The first-order valence-corrected chi connectivity index (χ1v) is 27.9. The largest absolute Gasteiger partial charge is 0.477 e. The molecule has 23 nitrogen and oxygen atoms in total. The number of carboxylic acid groups (broad SMARTS) is 1. The molecule has 1 saturated carbocycles. The molecule has 0 unspecified atom stereocenters. The van der Waals surface area contributed by atoms with Gasteiger partial charge in [0.25, 0.3) is 0 Å². The minimum atomic E-state index is -2.82. The number of nitrogens with one attached hydrogen (secondary N) is 2. The van der Waals surface area contributed by atoms with Gasteiger partial charge in [-0.05, 0) is 113 Å². The smallest absolute Gasteiger partial charge is 0.341 e. The molecule has 4 heterocycles. The summed E-state index contributed by atoms with van der Waals surface area (Å²) in [7, 11) is 6.57. The third kappa shape index (κ3) is 14.4. The fourth-order valence-corrected chi connectivity index (χ4v) is 12.1. The Hall–Kier alpha value is -3.63. The average molecular weight is 1140 g/mol. The van der Waals surface area contributed by atoms with E-state index in [2.05, 4.69) is 10.6 Å². The van der Waals surface area contributed by atoms with Gasteiger partial charge < -0.3 is 89.0 Å². The monoisotopic (exact) mass is 1140 g/mol. The van der Waals surface area contributed by atoms with Gasteiger partial charge in [0.05, 0.1) is 77.8 Å². The number of fused-ring (bicyclic) bond motifs is 1. The minimum Gasteiger partial charge on any atom is -0.477 e. The first-order valence-electron chi connectivity index (χ1n) is 27.6. The van der Waals surface area contributed by atoms with E-state index in [1.54, 1.807) is 50.3 Å². The van der Waals surface area contributed by atoms with Crippen molar-refractivity contribution in [2.45, 2.75) is 203 Å². The summed E-state index contributed by atoms with van der Waals surface area (Å²) >= 11 is 6.60. The average Bonchev–Trinajstić information content (AvgIpc) is 4.22. The molecule has 0 spiro atoms. The molecule has 3 aliphatic heterocycles. The Labute approximate surface area is 467 Å². The number of carboxylic acids is 1. The topological polar surface area (TPSA) is 310 Å². The van der Waals surface area contributed by atoms with Crippen molar-refractivity contribution >= 4 is 46.0 Å². The molecule has 0 radical (unpaired) electrons. The van der Waals surface area contributed by atoms with Crippen molar-refractivity contribution in [3.05, 3.63) is 39.1 Å². The zero-order valence-electron chi connectivity index (χ0n) is 48.0. The van der Waals surface area contributed by atoms with Gasteiger partial charge in [-0.25, -0.2) is 4.79 Å². The van der Waals surface area contributed by atoms with Gasteiger partial charge >= 0.3 is 11.9 Å². The summed E-state index contributed by atoms with van der Waals surface area (Å²) in [5.74, 6) is -10.3. The van der Waals surface area contributed by atoms with Crippen molar-refractivity contribution in [1.29, 1.82) is 0 Å². The molecule has 2 aromatic rings. The molecule has 1 amide bonds. The SMILES string of the molecule is CC[C@H]1OC(=O)[C@H](C)[C@@H](O[C@H]2C[C@@](O)(OC)[C@H](NC(=O)CCOCCNc3cc4c(=O)c(C(=O)O)cn(C5CC5)c4cc3Cl)[C@H](C)O2)[C@H](C)[C@@H](O[C@@H]2O[C@H](C)C[C@H](N(C)C)[C@H]2O)[C@](C)(O)C[C@@H](C)CN(C)[C@H](C)C(O)(O)[C@]1(C)O. The molecule has 4 aliphatic rings. The zero-order valence-corrected chi connectivity index (χ0v) is 48.8. The van der Waals surface area contributed by atoms with E-state index in [1.165, 1.54) is 40.1 Å². The number of aliphatic hydroxyl groups excluding tert-OH is 1. The maximum Gasteiger partial charge on any atom is 0.341 e. The van der Waals surface area contributed by atoms with E-state index >= 15 is 0 Å².